The van der Waals surface area contributed by atoms with Crippen LogP contribution in [0, 0.1) is 23.7 Å². The summed E-state index contributed by atoms with van der Waals surface area (Å²) >= 11 is 0. The third kappa shape index (κ3) is 4.39. The van der Waals surface area contributed by atoms with Crippen LogP contribution in [0.4, 0.5) is 0 Å². The fourth-order valence-corrected chi connectivity index (χ4v) is 6.14. The molecule has 0 aliphatic carbocycles. The minimum atomic E-state index is -3.57. The maximum Gasteiger partial charge on any atom is 0.243 e. The van der Waals surface area contributed by atoms with Crippen molar-refractivity contribution in [3.63, 3.8) is 0 Å². The van der Waals surface area contributed by atoms with Crippen molar-refractivity contribution >= 4 is 21.8 Å². The molecule has 2 fully saturated rings. The number of piperidine rings is 1. The summed E-state index contributed by atoms with van der Waals surface area (Å²) in [6.07, 6.45) is 1.99. The van der Waals surface area contributed by atoms with E-state index in [1.807, 2.05) is 19.1 Å². The highest BCUT2D eigenvalue weighted by Crippen LogP contribution is 2.44. The second kappa shape index (κ2) is 8.16. The van der Waals surface area contributed by atoms with Crippen molar-refractivity contribution in [2.75, 3.05) is 26.7 Å². The summed E-state index contributed by atoms with van der Waals surface area (Å²) in [6, 6.07) is 7.30. The van der Waals surface area contributed by atoms with Gasteiger partial charge in [0.25, 0.3) is 0 Å². The highest BCUT2D eigenvalue weighted by Gasteiger charge is 2.50. The Morgan fingerprint density at radius 2 is 2.03 bits per heavy atom. The van der Waals surface area contributed by atoms with E-state index in [1.165, 1.54) is 4.90 Å². The van der Waals surface area contributed by atoms with Crippen LogP contribution in [0.5, 0.6) is 0 Å². The molecule has 7 nitrogen and oxygen atoms in total. The quantitative estimate of drug-likeness (QED) is 0.418. The Morgan fingerprint density at radius 3 is 2.62 bits per heavy atom. The van der Waals surface area contributed by atoms with Gasteiger partial charge in [0.1, 0.15) is 0 Å². The molecule has 0 aromatic heterocycles. The van der Waals surface area contributed by atoms with Gasteiger partial charge in [0.15, 0.2) is 0 Å². The Balaban J connectivity index is 1.83. The Hall–Kier alpha value is -1.77. The normalized spacial score (nSPS) is 24.6. The number of carbonyl (C=O) groups is 1. The summed E-state index contributed by atoms with van der Waals surface area (Å²) in [7, 11) is -1.94. The summed E-state index contributed by atoms with van der Waals surface area (Å²) in [5.74, 6) is 0.208. The minimum absolute atomic E-state index is 0.0819. The van der Waals surface area contributed by atoms with E-state index in [-0.39, 0.29) is 29.1 Å². The molecule has 160 valence electrons. The molecule has 0 saturated carbocycles. The predicted octanol–water partition coefficient (Wildman–Crippen LogP) is 2.22. The first kappa shape index (κ1) is 21.9. The van der Waals surface area contributed by atoms with Crippen molar-refractivity contribution in [3.05, 3.63) is 29.8 Å². The molecule has 29 heavy (non-hydrogen) atoms. The summed E-state index contributed by atoms with van der Waals surface area (Å²) in [6.45, 7) is 7.29. The molecule has 0 radical (unpaired) electrons. The standard InChI is InChI=1S/C21H32N4O3S/c1-15-8-5-6-10-18(15)29(27,28)25-11-7-9-17(14-25)21(3,19-13-23-19)12-20(26)24(4)16(2)22/h5-6,8,10,17,19,22-23H,7,9,11-14H2,1-4H3/t17?,19?,21-/m0/s1. The van der Waals surface area contributed by atoms with E-state index in [0.29, 0.717) is 24.4 Å². The Bertz CT molecular complexity index is 897. The van der Waals surface area contributed by atoms with Gasteiger partial charge in [-0.25, -0.2) is 8.42 Å². The van der Waals surface area contributed by atoms with E-state index >= 15 is 0 Å². The molecule has 2 heterocycles. The highest BCUT2D eigenvalue weighted by molar-refractivity contribution is 7.89. The van der Waals surface area contributed by atoms with E-state index in [9.17, 15) is 13.2 Å². The fraction of sp³-hybridized carbons (Fsp3) is 0.619. The maximum atomic E-state index is 13.3. The zero-order chi connectivity index (χ0) is 21.4. The molecule has 3 atom stereocenters. The summed E-state index contributed by atoms with van der Waals surface area (Å²) < 4.78 is 28.2. The van der Waals surface area contributed by atoms with E-state index in [4.69, 9.17) is 5.41 Å². The third-order valence-electron chi connectivity index (χ3n) is 6.64. The molecule has 3 rings (SSSR count). The van der Waals surface area contributed by atoms with Gasteiger partial charge in [-0.2, -0.15) is 4.31 Å². The average Bonchev–Trinajstić information content (AvgIpc) is 3.53. The van der Waals surface area contributed by atoms with Crippen LogP contribution in [-0.2, 0) is 14.8 Å². The first-order chi connectivity index (χ1) is 13.6. The molecule has 2 unspecified atom stereocenters. The monoisotopic (exact) mass is 420 g/mol. The van der Waals surface area contributed by atoms with Gasteiger partial charge < -0.3 is 10.2 Å². The van der Waals surface area contributed by atoms with Crippen molar-refractivity contribution in [1.29, 1.82) is 5.41 Å². The molecule has 2 N–H and O–H groups in total. The van der Waals surface area contributed by atoms with Crippen LogP contribution in [0.15, 0.2) is 29.2 Å². The summed E-state index contributed by atoms with van der Waals surface area (Å²) in [5.41, 5.74) is 0.403. The van der Waals surface area contributed by atoms with Crippen molar-refractivity contribution in [2.24, 2.45) is 11.3 Å². The molecular weight excluding hydrogens is 388 g/mol. The third-order valence-corrected chi connectivity index (χ3v) is 8.67. The lowest BCUT2D eigenvalue weighted by atomic mass is 9.68. The van der Waals surface area contributed by atoms with Crippen LogP contribution in [0.25, 0.3) is 0 Å². The number of rotatable bonds is 6. The number of benzene rings is 1. The summed E-state index contributed by atoms with van der Waals surface area (Å²) in [5, 5.41) is 11.1. The zero-order valence-corrected chi connectivity index (χ0v) is 18.6. The topological polar surface area (TPSA) is 103 Å². The number of hydrogen-bond acceptors (Lipinski definition) is 5. The molecule has 2 saturated heterocycles. The number of nitrogens with zero attached hydrogens (tertiary/aromatic N) is 2. The van der Waals surface area contributed by atoms with Gasteiger partial charge >= 0.3 is 0 Å². The van der Waals surface area contributed by atoms with Crippen LogP contribution < -0.4 is 5.32 Å². The predicted molar refractivity (Wildman–Crippen MR) is 113 cm³/mol. The Morgan fingerprint density at radius 1 is 1.38 bits per heavy atom. The van der Waals surface area contributed by atoms with E-state index in [1.54, 1.807) is 30.4 Å². The Labute approximate surface area is 174 Å². The molecule has 2 aliphatic rings. The van der Waals surface area contributed by atoms with Gasteiger partial charge in [0.05, 0.1) is 10.7 Å². The van der Waals surface area contributed by atoms with Crippen molar-refractivity contribution in [3.8, 4) is 0 Å². The molecule has 1 amide bonds. The van der Waals surface area contributed by atoms with Crippen LogP contribution in [0.3, 0.4) is 0 Å². The van der Waals surface area contributed by atoms with Crippen molar-refractivity contribution in [1.82, 2.24) is 14.5 Å². The number of amidine groups is 1. The largest absolute Gasteiger partial charge is 0.311 e. The highest BCUT2D eigenvalue weighted by atomic mass is 32.2. The first-order valence-electron chi connectivity index (χ1n) is 10.2. The SMILES string of the molecule is CC(=N)N(C)C(=O)C[C@@](C)(C1CCCN(S(=O)(=O)c2ccccc2C)C1)C1CN1. The van der Waals surface area contributed by atoms with Gasteiger partial charge in [-0.1, -0.05) is 25.1 Å². The molecule has 0 bridgehead atoms. The van der Waals surface area contributed by atoms with Crippen LogP contribution >= 0.6 is 0 Å². The van der Waals surface area contributed by atoms with Crippen LogP contribution in [0.2, 0.25) is 0 Å². The van der Waals surface area contributed by atoms with Crippen LogP contribution in [-0.4, -0.2) is 62.1 Å². The molecule has 1 aromatic rings. The minimum Gasteiger partial charge on any atom is -0.311 e. The van der Waals surface area contributed by atoms with Gasteiger partial charge in [0.2, 0.25) is 15.9 Å². The molecule has 8 heteroatoms. The number of carbonyl (C=O) groups excluding carboxylic acids is 1. The van der Waals surface area contributed by atoms with Crippen LogP contribution in [0.1, 0.15) is 38.7 Å². The van der Waals surface area contributed by atoms with Gasteiger partial charge in [-0.05, 0) is 49.7 Å². The van der Waals surface area contributed by atoms with Crippen molar-refractivity contribution < 1.29 is 13.2 Å². The Kier molecular flexibility index (Phi) is 6.17. The lowest BCUT2D eigenvalue weighted by molar-refractivity contribution is -0.130. The van der Waals surface area contributed by atoms with E-state index in [2.05, 4.69) is 12.2 Å². The van der Waals surface area contributed by atoms with Gasteiger partial charge in [0, 0.05) is 39.1 Å². The van der Waals surface area contributed by atoms with Gasteiger partial charge in [-0.15, -0.1) is 0 Å². The maximum absolute atomic E-state index is 13.3. The molecule has 0 spiro atoms. The average molecular weight is 421 g/mol. The number of aryl methyl sites for hydroxylation is 1. The number of sulfonamides is 1. The van der Waals surface area contributed by atoms with Gasteiger partial charge in [-0.3, -0.25) is 10.2 Å². The first-order valence-corrected chi connectivity index (χ1v) is 11.6. The zero-order valence-electron chi connectivity index (χ0n) is 17.7. The van der Waals surface area contributed by atoms with Crippen molar-refractivity contribution in [2.45, 2.75) is 51.0 Å². The lowest BCUT2D eigenvalue weighted by Crippen LogP contribution is -2.49. The lowest BCUT2D eigenvalue weighted by Gasteiger charge is -2.43. The second-order valence-corrected chi connectivity index (χ2v) is 10.6. The number of nitrogens with one attached hydrogen (secondary N) is 2. The fourth-order valence-electron chi connectivity index (χ4n) is 4.39. The second-order valence-electron chi connectivity index (χ2n) is 8.65. The van der Waals surface area contributed by atoms with E-state index in [0.717, 1.165) is 24.9 Å². The van der Waals surface area contributed by atoms with E-state index < -0.39 is 10.0 Å². The molecule has 1 aromatic carbocycles. The molecule has 2 aliphatic heterocycles. The number of hydrogen-bond donors (Lipinski definition) is 2. The molecular formula is C21H32N4O3S. The summed E-state index contributed by atoms with van der Waals surface area (Å²) in [4.78, 5) is 14.5. The smallest absolute Gasteiger partial charge is 0.243 e. The number of amides is 1.